The molecule has 2 N–H and O–H groups in total. The fourth-order valence-electron chi connectivity index (χ4n) is 2.98. The van der Waals surface area contributed by atoms with Crippen molar-refractivity contribution < 1.29 is 49.1 Å². The number of hydrogen-bond acceptors (Lipinski definition) is 2. The number of hydrogen-bond donors (Lipinski definition) is 2. The summed E-state index contributed by atoms with van der Waals surface area (Å²) in [6.45, 7) is 0. The van der Waals surface area contributed by atoms with Crippen molar-refractivity contribution in [2.24, 2.45) is 0 Å². The van der Waals surface area contributed by atoms with Gasteiger partial charge in [0, 0.05) is 27.1 Å². The topological polar surface area (TPSA) is 58.2 Å². The predicted octanol–water partition coefficient (Wildman–Crippen LogP) is 8.08. The van der Waals surface area contributed by atoms with Crippen LogP contribution < -0.4 is 10.6 Å². The molecule has 39 heavy (non-hydrogen) atoms. The standard InChI is InChI=1S/C16H7Br2F8NO.C8H8FNO/c17-9-5-7(14(20,15(21,22)23)16(24,25)26)6-10(18)12(9)27-13(28)8-3-1-2-4-11(8)19;1-10-8(11)6-3-2-4-7(9)5-6/h1-6H,(H,27,28);2-5H,1H3,(H,10,11). The van der Waals surface area contributed by atoms with Gasteiger partial charge in [0.2, 0.25) is 0 Å². The van der Waals surface area contributed by atoms with Gasteiger partial charge in [-0.15, -0.1) is 0 Å². The normalized spacial score (nSPS) is 11.8. The molecule has 0 radical (unpaired) electrons. The summed E-state index contributed by atoms with van der Waals surface area (Å²) in [7, 11) is 1.51. The molecular weight excluding hydrogens is 679 g/mol. The molecule has 2 amide bonds. The fraction of sp³-hybridized carbons (Fsp3) is 0.167. The Kier molecular flexibility index (Phi) is 10.2. The van der Waals surface area contributed by atoms with Crippen LogP contribution in [0.3, 0.4) is 0 Å². The third-order valence-corrected chi connectivity index (χ3v) is 6.14. The Morgan fingerprint density at radius 2 is 1.28 bits per heavy atom. The predicted molar refractivity (Wildman–Crippen MR) is 131 cm³/mol. The Morgan fingerprint density at radius 1 is 0.744 bits per heavy atom. The monoisotopic (exact) mass is 692 g/mol. The molecule has 3 rings (SSSR count). The van der Waals surface area contributed by atoms with Gasteiger partial charge in [-0.3, -0.25) is 9.59 Å². The Bertz CT molecular complexity index is 1320. The lowest BCUT2D eigenvalue weighted by molar-refractivity contribution is -0.348. The van der Waals surface area contributed by atoms with E-state index in [1.54, 1.807) is 6.07 Å². The van der Waals surface area contributed by atoms with Crippen LogP contribution in [0.5, 0.6) is 0 Å². The molecule has 3 aromatic carbocycles. The first-order valence-electron chi connectivity index (χ1n) is 10.3. The molecule has 0 heterocycles. The molecule has 0 spiro atoms. The molecule has 15 heteroatoms. The number of carbonyl (C=O) groups is 2. The van der Waals surface area contributed by atoms with Crippen molar-refractivity contribution >= 4 is 49.4 Å². The first-order chi connectivity index (χ1) is 17.9. The van der Waals surface area contributed by atoms with Gasteiger partial charge in [0.25, 0.3) is 11.8 Å². The Balaban J connectivity index is 0.000000404. The van der Waals surface area contributed by atoms with Crippen molar-refractivity contribution in [2.75, 3.05) is 12.4 Å². The zero-order valence-electron chi connectivity index (χ0n) is 19.2. The van der Waals surface area contributed by atoms with Crippen molar-refractivity contribution in [1.29, 1.82) is 0 Å². The minimum Gasteiger partial charge on any atom is -0.355 e. The van der Waals surface area contributed by atoms with Crippen molar-refractivity contribution in [2.45, 2.75) is 18.0 Å². The van der Waals surface area contributed by atoms with E-state index in [4.69, 9.17) is 0 Å². The van der Waals surface area contributed by atoms with Crippen LogP contribution in [-0.2, 0) is 5.67 Å². The summed E-state index contributed by atoms with van der Waals surface area (Å²) in [5.41, 5.74) is -7.79. The largest absolute Gasteiger partial charge is 0.435 e. The van der Waals surface area contributed by atoms with Gasteiger partial charge in [-0.2, -0.15) is 26.3 Å². The maximum Gasteiger partial charge on any atom is 0.435 e. The van der Waals surface area contributed by atoms with Crippen molar-refractivity contribution in [3.63, 3.8) is 0 Å². The summed E-state index contributed by atoms with van der Waals surface area (Å²) in [6.07, 6.45) is -12.6. The van der Waals surface area contributed by atoms with E-state index in [-0.39, 0.29) is 23.7 Å². The lowest BCUT2D eigenvalue weighted by Crippen LogP contribution is -2.50. The average Bonchev–Trinajstić information content (AvgIpc) is 2.84. The molecule has 3 aromatic rings. The second-order valence-corrected chi connectivity index (χ2v) is 9.20. The van der Waals surface area contributed by atoms with E-state index in [1.807, 2.05) is 0 Å². The molecule has 0 saturated heterocycles. The van der Waals surface area contributed by atoms with Crippen LogP contribution in [0.2, 0.25) is 0 Å². The van der Waals surface area contributed by atoms with Gasteiger partial charge in [0.15, 0.2) is 0 Å². The van der Waals surface area contributed by atoms with Crippen LogP contribution in [0.15, 0.2) is 69.6 Å². The smallest absolute Gasteiger partial charge is 0.355 e. The summed E-state index contributed by atoms with van der Waals surface area (Å²) < 4.78 is 117. The Hall–Kier alpha value is -3.07. The number of nitrogens with one attached hydrogen (secondary N) is 2. The summed E-state index contributed by atoms with van der Waals surface area (Å²) in [6, 6.07) is 10.8. The van der Waals surface area contributed by atoms with Gasteiger partial charge < -0.3 is 10.6 Å². The maximum absolute atomic E-state index is 14.2. The summed E-state index contributed by atoms with van der Waals surface area (Å²) in [4.78, 5) is 23.0. The lowest BCUT2D eigenvalue weighted by atomic mass is 9.94. The highest BCUT2D eigenvalue weighted by Gasteiger charge is 2.73. The molecule has 4 nitrogen and oxygen atoms in total. The minimum atomic E-state index is -6.29. The van der Waals surface area contributed by atoms with Gasteiger partial charge in [-0.05, 0) is 74.3 Å². The van der Waals surface area contributed by atoms with Gasteiger partial charge in [0.1, 0.15) is 11.6 Å². The highest BCUT2D eigenvalue weighted by Crippen LogP contribution is 2.54. The second-order valence-electron chi connectivity index (χ2n) is 7.49. The van der Waals surface area contributed by atoms with E-state index in [0.29, 0.717) is 5.56 Å². The molecule has 0 atom stereocenters. The third kappa shape index (κ3) is 7.32. The second kappa shape index (κ2) is 12.4. The van der Waals surface area contributed by atoms with Crippen molar-refractivity contribution in [1.82, 2.24) is 5.32 Å². The fourth-order valence-corrected chi connectivity index (χ4v) is 4.36. The molecule has 0 bridgehead atoms. The Labute approximate surface area is 231 Å². The summed E-state index contributed by atoms with van der Waals surface area (Å²) in [5.74, 6) is -2.60. The Morgan fingerprint density at radius 3 is 1.74 bits per heavy atom. The van der Waals surface area contributed by atoms with Gasteiger partial charge in [-0.25, -0.2) is 13.2 Å². The first-order valence-corrected chi connectivity index (χ1v) is 11.9. The van der Waals surface area contributed by atoms with Crippen LogP contribution in [0, 0.1) is 11.6 Å². The van der Waals surface area contributed by atoms with Crippen LogP contribution in [0.1, 0.15) is 26.3 Å². The van der Waals surface area contributed by atoms with E-state index in [1.165, 1.54) is 37.4 Å². The molecule has 0 unspecified atom stereocenters. The van der Waals surface area contributed by atoms with E-state index < -0.39 is 55.6 Å². The van der Waals surface area contributed by atoms with Crippen molar-refractivity contribution in [3.05, 3.63) is 97.9 Å². The van der Waals surface area contributed by atoms with Crippen molar-refractivity contribution in [3.8, 4) is 0 Å². The number of benzene rings is 3. The number of amides is 2. The summed E-state index contributed by atoms with van der Waals surface area (Å²) in [5, 5.41) is 4.54. The number of alkyl halides is 7. The maximum atomic E-state index is 14.2. The van der Waals surface area contributed by atoms with E-state index >= 15 is 0 Å². The quantitative estimate of drug-likeness (QED) is 0.272. The average molecular weight is 694 g/mol. The molecule has 0 aliphatic carbocycles. The molecule has 210 valence electrons. The van der Waals surface area contributed by atoms with Gasteiger partial charge in [-0.1, -0.05) is 18.2 Å². The van der Waals surface area contributed by atoms with E-state index in [2.05, 4.69) is 42.5 Å². The van der Waals surface area contributed by atoms with Gasteiger partial charge in [0.05, 0.1) is 11.3 Å². The molecule has 0 fully saturated rings. The van der Waals surface area contributed by atoms with E-state index in [0.717, 1.165) is 12.1 Å². The van der Waals surface area contributed by atoms with Crippen LogP contribution in [0.4, 0.5) is 45.2 Å². The third-order valence-electron chi connectivity index (χ3n) is 4.89. The molecule has 0 aliphatic heterocycles. The highest BCUT2D eigenvalue weighted by molar-refractivity contribution is 9.11. The molecule has 0 aromatic heterocycles. The number of halogens is 11. The lowest BCUT2D eigenvalue weighted by Gasteiger charge is -2.31. The molecule has 0 saturated carbocycles. The summed E-state index contributed by atoms with van der Waals surface area (Å²) >= 11 is 5.41. The van der Waals surface area contributed by atoms with Crippen LogP contribution >= 0.6 is 31.9 Å². The highest BCUT2D eigenvalue weighted by atomic mass is 79.9. The van der Waals surface area contributed by atoms with Crippen LogP contribution in [0.25, 0.3) is 0 Å². The zero-order valence-corrected chi connectivity index (χ0v) is 22.4. The zero-order chi connectivity index (χ0) is 29.8. The minimum absolute atomic E-state index is 0.239. The van der Waals surface area contributed by atoms with Crippen LogP contribution in [-0.4, -0.2) is 31.2 Å². The first kappa shape index (κ1) is 32.1. The van der Waals surface area contributed by atoms with E-state index in [9.17, 15) is 49.1 Å². The molecular formula is C24H15Br2F9N2O2. The number of anilines is 1. The SMILES string of the molecule is CNC(=O)c1cccc(F)c1.O=C(Nc1c(Br)cc(C(F)(C(F)(F)F)C(F)(F)F)cc1Br)c1ccccc1F. The molecule has 0 aliphatic rings. The number of rotatable bonds is 4. The van der Waals surface area contributed by atoms with Gasteiger partial charge >= 0.3 is 18.0 Å². The number of carbonyl (C=O) groups excluding carboxylic acids is 2.